The highest BCUT2D eigenvalue weighted by Gasteiger charge is 2.73. The third kappa shape index (κ3) is 4.78. The lowest BCUT2D eigenvalue weighted by Crippen LogP contribution is -2.73. The minimum absolute atomic E-state index is 0.228. The molecule has 1 spiro atoms. The van der Waals surface area contributed by atoms with E-state index in [4.69, 9.17) is 14.9 Å². The second-order valence-corrected chi connectivity index (χ2v) is 11.8. The van der Waals surface area contributed by atoms with Crippen LogP contribution >= 0.6 is 0 Å². The van der Waals surface area contributed by atoms with E-state index in [0.29, 0.717) is 12.8 Å². The van der Waals surface area contributed by atoms with Gasteiger partial charge in [-0.25, -0.2) is 14.8 Å². The van der Waals surface area contributed by atoms with Crippen LogP contribution in [0.2, 0.25) is 0 Å². The fourth-order valence-electron chi connectivity index (χ4n) is 6.88. The molecular formula is C40H36N4O2. The maximum atomic E-state index is 15.2. The minimum Gasteiger partial charge on any atom is -0.464 e. The van der Waals surface area contributed by atoms with Crippen LogP contribution < -0.4 is 10.0 Å². The smallest absolute Gasteiger partial charge is 0.337 e. The number of ether oxygens (including phenoxy) is 1. The highest BCUT2D eigenvalue weighted by atomic mass is 16.5. The Balaban J connectivity index is 1.59. The average Bonchev–Trinajstić information content (AvgIpc) is 3.65. The summed E-state index contributed by atoms with van der Waals surface area (Å²) in [5.41, 5.74) is 4.91. The largest absolute Gasteiger partial charge is 0.464 e. The van der Waals surface area contributed by atoms with E-state index in [2.05, 4.69) is 72.6 Å². The SMILES string of the molecule is CCOC(=O)[C@@]1(Cc2ccc(C)cc2)N(c2ccccc2)N=C(c2ccccc2)[C@]12CC(c1ccccc1)=NN2c1ccccc1. The van der Waals surface area contributed by atoms with Crippen LogP contribution in [0.25, 0.3) is 0 Å². The van der Waals surface area contributed by atoms with Gasteiger partial charge in [-0.2, -0.15) is 10.2 Å². The molecule has 0 amide bonds. The number of hydrogen-bond donors (Lipinski definition) is 0. The van der Waals surface area contributed by atoms with E-state index in [-0.39, 0.29) is 12.6 Å². The first-order chi connectivity index (χ1) is 22.6. The number of aryl methyl sites for hydroxylation is 1. The third-order valence-corrected chi connectivity index (χ3v) is 8.99. The number of hydrogen-bond acceptors (Lipinski definition) is 6. The number of rotatable bonds is 8. The van der Waals surface area contributed by atoms with Gasteiger partial charge in [0.2, 0.25) is 0 Å². The molecule has 0 aromatic heterocycles. The number of carbonyl (C=O) groups is 1. The summed E-state index contributed by atoms with van der Waals surface area (Å²) in [7, 11) is 0. The molecule has 2 heterocycles. The molecule has 0 aliphatic carbocycles. The molecule has 7 rings (SSSR count). The molecule has 2 aliphatic heterocycles. The van der Waals surface area contributed by atoms with E-state index in [0.717, 1.165) is 45.1 Å². The zero-order chi connectivity index (χ0) is 31.6. The molecule has 46 heavy (non-hydrogen) atoms. The fourth-order valence-corrected chi connectivity index (χ4v) is 6.88. The fraction of sp³-hybridized carbons (Fsp3) is 0.175. The van der Waals surface area contributed by atoms with Crippen molar-refractivity contribution in [1.29, 1.82) is 0 Å². The van der Waals surface area contributed by atoms with Gasteiger partial charge < -0.3 is 4.74 Å². The van der Waals surface area contributed by atoms with Gasteiger partial charge in [0.15, 0.2) is 5.54 Å². The zero-order valence-corrected chi connectivity index (χ0v) is 26.1. The summed E-state index contributed by atoms with van der Waals surface area (Å²) in [5, 5.41) is 14.8. The standard InChI is InChI=1S/C40H36N4O2/c1-3-46-38(45)40(28-31-26-24-30(2)25-27-31)39(37(33-18-10-5-11-19-33)42-44(40)35-22-14-7-15-23-35)29-36(32-16-8-4-9-17-32)41-43(39)34-20-12-6-13-21-34/h4-27H,3,28-29H2,1-2H3/t39-,40-/m1/s1. The van der Waals surface area contributed by atoms with Crippen molar-refractivity contribution in [2.24, 2.45) is 10.2 Å². The van der Waals surface area contributed by atoms with Crippen LogP contribution in [0.5, 0.6) is 0 Å². The Bertz CT molecular complexity index is 1880. The summed E-state index contributed by atoms with van der Waals surface area (Å²) < 4.78 is 6.14. The lowest BCUT2D eigenvalue weighted by atomic mass is 9.66. The predicted octanol–water partition coefficient (Wildman–Crippen LogP) is 7.82. The number of anilines is 2. The molecular weight excluding hydrogens is 568 g/mol. The Morgan fingerprint density at radius 1 is 0.674 bits per heavy atom. The molecule has 0 saturated heterocycles. The molecule has 0 bridgehead atoms. The van der Waals surface area contributed by atoms with Crippen LogP contribution in [0.15, 0.2) is 156 Å². The molecule has 5 aromatic carbocycles. The van der Waals surface area contributed by atoms with Gasteiger partial charge in [-0.15, -0.1) is 0 Å². The molecule has 5 aromatic rings. The van der Waals surface area contributed by atoms with Crippen LogP contribution in [-0.2, 0) is 16.0 Å². The van der Waals surface area contributed by atoms with Crippen LogP contribution in [0.3, 0.4) is 0 Å². The van der Waals surface area contributed by atoms with Gasteiger partial charge in [0, 0.05) is 18.4 Å². The van der Waals surface area contributed by atoms with Gasteiger partial charge >= 0.3 is 5.97 Å². The second kappa shape index (κ2) is 12.1. The summed E-state index contributed by atoms with van der Waals surface area (Å²) >= 11 is 0. The van der Waals surface area contributed by atoms with E-state index in [1.165, 1.54) is 0 Å². The van der Waals surface area contributed by atoms with Crippen molar-refractivity contribution in [1.82, 2.24) is 0 Å². The van der Waals surface area contributed by atoms with Gasteiger partial charge in [-0.1, -0.05) is 127 Å². The molecule has 6 heteroatoms. The van der Waals surface area contributed by atoms with Crippen LogP contribution in [-0.4, -0.2) is 35.1 Å². The molecule has 0 radical (unpaired) electrons. The topological polar surface area (TPSA) is 57.5 Å². The molecule has 228 valence electrons. The quantitative estimate of drug-likeness (QED) is 0.170. The van der Waals surface area contributed by atoms with Crippen molar-refractivity contribution in [3.63, 3.8) is 0 Å². The van der Waals surface area contributed by atoms with E-state index in [1.807, 2.05) is 96.9 Å². The number of esters is 1. The Hall–Kier alpha value is -5.49. The number of nitrogens with zero attached hydrogens (tertiary/aromatic N) is 4. The molecule has 0 saturated carbocycles. The molecule has 0 fully saturated rings. The average molecular weight is 605 g/mol. The van der Waals surface area contributed by atoms with Gasteiger partial charge in [-0.3, -0.25) is 0 Å². The third-order valence-electron chi connectivity index (χ3n) is 8.99. The number of hydrazone groups is 2. The van der Waals surface area contributed by atoms with Crippen molar-refractivity contribution < 1.29 is 9.53 Å². The van der Waals surface area contributed by atoms with Crippen molar-refractivity contribution in [3.05, 3.63) is 168 Å². The highest BCUT2D eigenvalue weighted by Crippen LogP contribution is 2.53. The number of para-hydroxylation sites is 2. The Kier molecular flexibility index (Phi) is 7.71. The molecule has 0 N–H and O–H groups in total. The number of carbonyl (C=O) groups excluding carboxylic acids is 1. The number of benzene rings is 5. The van der Waals surface area contributed by atoms with Crippen LogP contribution in [0.4, 0.5) is 11.4 Å². The Morgan fingerprint density at radius 3 is 1.76 bits per heavy atom. The Morgan fingerprint density at radius 2 is 1.20 bits per heavy atom. The monoisotopic (exact) mass is 604 g/mol. The van der Waals surface area contributed by atoms with E-state index >= 15 is 4.79 Å². The zero-order valence-electron chi connectivity index (χ0n) is 26.1. The van der Waals surface area contributed by atoms with E-state index in [9.17, 15) is 0 Å². The maximum Gasteiger partial charge on any atom is 0.337 e. The lowest BCUT2D eigenvalue weighted by Gasteiger charge is -2.49. The summed E-state index contributed by atoms with van der Waals surface area (Å²) in [6, 6.07) is 48.9. The summed E-state index contributed by atoms with van der Waals surface area (Å²) in [4.78, 5) is 15.2. The lowest BCUT2D eigenvalue weighted by molar-refractivity contribution is -0.151. The molecule has 0 unspecified atom stereocenters. The summed E-state index contributed by atoms with van der Waals surface area (Å²) in [6.07, 6.45) is 0.759. The van der Waals surface area contributed by atoms with Crippen molar-refractivity contribution in [2.45, 2.75) is 37.8 Å². The van der Waals surface area contributed by atoms with Crippen LogP contribution in [0.1, 0.15) is 35.6 Å². The first-order valence-corrected chi connectivity index (χ1v) is 15.8. The normalized spacial score (nSPS) is 20.5. The summed E-state index contributed by atoms with van der Waals surface area (Å²) in [5.74, 6) is -0.348. The first-order valence-electron chi connectivity index (χ1n) is 15.8. The minimum atomic E-state index is -1.36. The van der Waals surface area contributed by atoms with Gasteiger partial charge in [0.25, 0.3) is 0 Å². The van der Waals surface area contributed by atoms with Crippen molar-refractivity contribution >= 4 is 28.8 Å². The molecule has 6 nitrogen and oxygen atoms in total. The van der Waals surface area contributed by atoms with Gasteiger partial charge in [0.05, 0.1) is 29.4 Å². The molecule has 2 aliphatic rings. The van der Waals surface area contributed by atoms with Crippen molar-refractivity contribution in [3.8, 4) is 0 Å². The maximum absolute atomic E-state index is 15.2. The molecule has 2 atom stereocenters. The highest BCUT2D eigenvalue weighted by molar-refractivity contribution is 6.22. The predicted molar refractivity (Wildman–Crippen MR) is 185 cm³/mol. The van der Waals surface area contributed by atoms with E-state index in [1.54, 1.807) is 0 Å². The summed E-state index contributed by atoms with van der Waals surface area (Å²) in [6.45, 7) is 4.16. The van der Waals surface area contributed by atoms with Crippen molar-refractivity contribution in [2.75, 3.05) is 16.6 Å². The Labute approximate surface area is 270 Å². The van der Waals surface area contributed by atoms with Gasteiger partial charge in [0.1, 0.15) is 5.54 Å². The van der Waals surface area contributed by atoms with E-state index < -0.39 is 11.1 Å². The first kappa shape index (κ1) is 29.2. The van der Waals surface area contributed by atoms with Crippen LogP contribution in [0, 0.1) is 6.92 Å². The second-order valence-electron chi connectivity index (χ2n) is 11.8. The van der Waals surface area contributed by atoms with Gasteiger partial charge in [-0.05, 0) is 49.2 Å².